The number of thiophene rings is 1. The molecular formula is C32H30ClN5O5S. The molecule has 4 aromatic rings. The SMILES string of the molecule is COc1ccc(CN2C(=O)CN(Cc3cc4nccc(-c5cc(Cl)cc6c5OC(C(=O)N5CCNCC5)C6)c4s3)C2=O)cc1. The molecule has 2 saturated heterocycles. The van der Waals surface area contributed by atoms with Crippen molar-refractivity contribution < 1.29 is 23.9 Å². The first kappa shape index (κ1) is 28.6. The van der Waals surface area contributed by atoms with Crippen LogP contribution in [0.1, 0.15) is 16.0 Å². The Kier molecular flexibility index (Phi) is 7.61. The minimum atomic E-state index is -0.587. The molecule has 0 radical (unpaired) electrons. The number of pyridine rings is 1. The predicted molar refractivity (Wildman–Crippen MR) is 167 cm³/mol. The fraction of sp³-hybridized carbons (Fsp3) is 0.312. The summed E-state index contributed by atoms with van der Waals surface area (Å²) in [5, 5.41) is 3.84. The molecule has 3 aliphatic rings. The van der Waals surface area contributed by atoms with Crippen molar-refractivity contribution in [2.75, 3.05) is 39.8 Å². The maximum Gasteiger partial charge on any atom is 0.327 e. The van der Waals surface area contributed by atoms with Crippen molar-refractivity contribution in [3.8, 4) is 22.6 Å². The molecule has 0 aliphatic carbocycles. The lowest BCUT2D eigenvalue weighted by Crippen LogP contribution is -2.50. The van der Waals surface area contributed by atoms with Gasteiger partial charge in [0.05, 0.1) is 30.4 Å². The lowest BCUT2D eigenvalue weighted by Gasteiger charge is -2.29. The Morgan fingerprint density at radius 2 is 1.89 bits per heavy atom. The van der Waals surface area contributed by atoms with Crippen LogP contribution in [-0.2, 0) is 29.1 Å². The van der Waals surface area contributed by atoms with Crippen LogP contribution in [0, 0.1) is 0 Å². The topological polar surface area (TPSA) is 104 Å². The maximum absolute atomic E-state index is 13.3. The Hall–Kier alpha value is -4.19. The third-order valence-corrected chi connectivity index (χ3v) is 9.59. The molecule has 0 saturated carbocycles. The highest BCUT2D eigenvalue weighted by molar-refractivity contribution is 7.19. The molecule has 1 N–H and O–H groups in total. The number of carbonyl (C=O) groups excluding carboxylic acids is 3. The van der Waals surface area contributed by atoms with Gasteiger partial charge in [0.2, 0.25) is 0 Å². The number of halogens is 1. The van der Waals surface area contributed by atoms with E-state index in [1.165, 1.54) is 16.2 Å². The molecule has 7 rings (SSSR count). The number of fused-ring (bicyclic) bond motifs is 2. The third kappa shape index (κ3) is 5.36. The number of nitrogens with zero attached hydrogens (tertiary/aromatic N) is 4. The Bertz CT molecular complexity index is 1770. The molecule has 3 aliphatic heterocycles. The summed E-state index contributed by atoms with van der Waals surface area (Å²) in [5.74, 6) is 1.14. The zero-order chi connectivity index (χ0) is 30.4. The molecule has 0 spiro atoms. The van der Waals surface area contributed by atoms with Crippen LogP contribution in [0.4, 0.5) is 4.79 Å². The Morgan fingerprint density at radius 1 is 1.09 bits per heavy atom. The van der Waals surface area contributed by atoms with Crippen molar-refractivity contribution in [1.82, 2.24) is 25.0 Å². The number of aromatic nitrogens is 1. The number of ether oxygens (including phenoxy) is 2. The molecule has 2 aromatic carbocycles. The fourth-order valence-corrected chi connectivity index (χ4v) is 7.40. The number of urea groups is 1. The monoisotopic (exact) mass is 631 g/mol. The number of rotatable bonds is 7. The predicted octanol–water partition coefficient (Wildman–Crippen LogP) is 4.33. The van der Waals surface area contributed by atoms with E-state index in [1.807, 2.05) is 53.4 Å². The number of hydrogen-bond donors (Lipinski definition) is 1. The highest BCUT2D eigenvalue weighted by Crippen LogP contribution is 2.45. The number of imide groups is 1. The summed E-state index contributed by atoms with van der Waals surface area (Å²) < 4.78 is 12.5. The number of piperazine rings is 1. The molecule has 4 amide bonds. The van der Waals surface area contributed by atoms with Crippen LogP contribution >= 0.6 is 22.9 Å². The van der Waals surface area contributed by atoms with Gasteiger partial charge in [-0.05, 0) is 42.0 Å². The van der Waals surface area contributed by atoms with Gasteiger partial charge in [-0.3, -0.25) is 19.5 Å². The van der Waals surface area contributed by atoms with E-state index in [9.17, 15) is 14.4 Å². The summed E-state index contributed by atoms with van der Waals surface area (Å²) in [4.78, 5) is 49.5. The molecule has 1 unspecified atom stereocenters. The van der Waals surface area contributed by atoms with Gasteiger partial charge in [-0.1, -0.05) is 23.7 Å². The normalized spacial score (nSPS) is 18.2. The van der Waals surface area contributed by atoms with Gasteiger partial charge >= 0.3 is 6.03 Å². The van der Waals surface area contributed by atoms with Crippen LogP contribution in [0.3, 0.4) is 0 Å². The van der Waals surface area contributed by atoms with Crippen LogP contribution in [0.2, 0.25) is 5.02 Å². The minimum absolute atomic E-state index is 0.00563. The number of methoxy groups -OCH3 is 1. The van der Waals surface area contributed by atoms with Gasteiger partial charge in [-0.25, -0.2) is 4.79 Å². The first-order valence-electron chi connectivity index (χ1n) is 14.5. The molecule has 10 nitrogen and oxygen atoms in total. The highest BCUT2D eigenvalue weighted by atomic mass is 35.5. The quantitative estimate of drug-likeness (QED) is 0.303. The summed E-state index contributed by atoms with van der Waals surface area (Å²) >= 11 is 8.10. The smallest absolute Gasteiger partial charge is 0.327 e. The van der Waals surface area contributed by atoms with Crippen LogP contribution in [0.15, 0.2) is 54.7 Å². The van der Waals surface area contributed by atoms with E-state index in [2.05, 4.69) is 10.3 Å². The number of hydrogen-bond acceptors (Lipinski definition) is 8. The Morgan fingerprint density at radius 3 is 2.66 bits per heavy atom. The van der Waals surface area contributed by atoms with Gasteiger partial charge in [0.15, 0.2) is 6.10 Å². The summed E-state index contributed by atoms with van der Waals surface area (Å²) in [6.07, 6.45) is 1.62. The van der Waals surface area contributed by atoms with E-state index in [0.29, 0.717) is 36.0 Å². The summed E-state index contributed by atoms with van der Waals surface area (Å²) in [6, 6.07) is 14.6. The number of nitrogens with one attached hydrogen (secondary N) is 1. The number of amides is 4. The van der Waals surface area contributed by atoms with Gasteiger partial charge in [-0.2, -0.15) is 0 Å². The maximum atomic E-state index is 13.3. The van der Waals surface area contributed by atoms with Gasteiger partial charge in [0.25, 0.3) is 11.8 Å². The lowest BCUT2D eigenvalue weighted by molar-refractivity contribution is -0.138. The van der Waals surface area contributed by atoms with Crippen LogP contribution in [-0.4, -0.2) is 83.5 Å². The van der Waals surface area contributed by atoms with Gasteiger partial charge in [0.1, 0.15) is 18.0 Å². The van der Waals surface area contributed by atoms with E-state index in [-0.39, 0.29) is 37.5 Å². The van der Waals surface area contributed by atoms with Gasteiger partial charge < -0.3 is 24.6 Å². The molecular weight excluding hydrogens is 602 g/mol. The minimum Gasteiger partial charge on any atom is -0.497 e. The zero-order valence-electron chi connectivity index (χ0n) is 24.0. The van der Waals surface area contributed by atoms with Crippen molar-refractivity contribution in [1.29, 1.82) is 0 Å². The average molecular weight is 632 g/mol. The first-order chi connectivity index (χ1) is 21.4. The fourth-order valence-electron chi connectivity index (χ4n) is 6.00. The van der Waals surface area contributed by atoms with Crippen molar-refractivity contribution in [3.63, 3.8) is 0 Å². The summed E-state index contributed by atoms with van der Waals surface area (Å²) in [6.45, 7) is 3.38. The molecule has 2 fully saturated rings. The molecule has 5 heterocycles. The van der Waals surface area contributed by atoms with Crippen LogP contribution < -0.4 is 14.8 Å². The van der Waals surface area contributed by atoms with E-state index in [4.69, 9.17) is 21.1 Å². The molecule has 12 heteroatoms. The standard InChI is InChI=1S/C32H30ClN5O5S/c1-42-22-4-2-19(3-5-22)16-38-28(39)18-37(32(38)41)17-23-15-26-30(44-23)24(6-7-35-26)25-14-21(33)12-20-13-27(43-29(20)25)31(40)36-10-8-34-9-11-36/h2-7,12,14-15,27,34H,8-11,13,16-18H2,1H3. The van der Waals surface area contributed by atoms with Crippen molar-refractivity contribution in [2.24, 2.45) is 0 Å². The van der Waals surface area contributed by atoms with Gasteiger partial charge in [-0.15, -0.1) is 11.3 Å². The van der Waals surface area contributed by atoms with Crippen molar-refractivity contribution >= 4 is 51.0 Å². The molecule has 1 atom stereocenters. The lowest BCUT2D eigenvalue weighted by atomic mass is 10.0. The van der Waals surface area contributed by atoms with E-state index in [0.717, 1.165) is 50.4 Å². The highest BCUT2D eigenvalue weighted by Gasteiger charge is 2.37. The van der Waals surface area contributed by atoms with Crippen molar-refractivity contribution in [2.45, 2.75) is 25.6 Å². The molecule has 44 heavy (non-hydrogen) atoms. The summed E-state index contributed by atoms with van der Waals surface area (Å²) in [5.41, 5.74) is 4.22. The van der Waals surface area contributed by atoms with Crippen LogP contribution in [0.5, 0.6) is 11.5 Å². The Labute approximate surface area is 263 Å². The number of carbonyl (C=O) groups is 3. The largest absolute Gasteiger partial charge is 0.497 e. The second-order valence-corrected chi connectivity index (χ2v) is 12.7. The van der Waals surface area contributed by atoms with Crippen molar-refractivity contribution in [3.05, 3.63) is 75.8 Å². The zero-order valence-corrected chi connectivity index (χ0v) is 25.6. The van der Waals surface area contributed by atoms with E-state index in [1.54, 1.807) is 18.2 Å². The van der Waals surface area contributed by atoms with Crippen LogP contribution in [0.25, 0.3) is 21.3 Å². The average Bonchev–Trinajstić information content (AvgIpc) is 3.73. The van der Waals surface area contributed by atoms with Gasteiger partial charge in [0, 0.05) is 65.4 Å². The van der Waals surface area contributed by atoms with E-state index < -0.39 is 6.10 Å². The Balaban J connectivity index is 1.12. The number of benzene rings is 2. The third-order valence-electron chi connectivity index (χ3n) is 8.23. The second-order valence-electron chi connectivity index (χ2n) is 11.1. The molecule has 226 valence electrons. The second kappa shape index (κ2) is 11.7. The molecule has 2 aromatic heterocycles. The first-order valence-corrected chi connectivity index (χ1v) is 15.7. The molecule has 0 bridgehead atoms. The van der Waals surface area contributed by atoms with E-state index >= 15 is 0 Å². The summed E-state index contributed by atoms with van der Waals surface area (Å²) in [7, 11) is 1.59.